The van der Waals surface area contributed by atoms with Gasteiger partial charge in [-0.15, -0.1) is 0 Å². The summed E-state index contributed by atoms with van der Waals surface area (Å²) < 4.78 is 5.56. The molecule has 120 valence electrons. The Hall–Kier alpha value is -1.26. The highest BCUT2D eigenvalue weighted by Gasteiger charge is 2.19. The summed E-state index contributed by atoms with van der Waals surface area (Å²) in [6, 6.07) is 4.88. The Kier molecular flexibility index (Phi) is 6.09. The second-order valence-electron chi connectivity index (χ2n) is 5.56. The largest absolute Gasteiger partial charge is 0.479 e. The van der Waals surface area contributed by atoms with Gasteiger partial charge in [-0.25, -0.2) is 5.43 Å². The molecule has 22 heavy (non-hydrogen) atoms. The van der Waals surface area contributed by atoms with Crippen molar-refractivity contribution in [1.29, 1.82) is 0 Å². The molecule has 0 spiro atoms. The van der Waals surface area contributed by atoms with E-state index in [0.29, 0.717) is 21.7 Å². The first-order valence-corrected chi connectivity index (χ1v) is 8.21. The number of nitrogens with zero attached hydrogens (tertiary/aromatic N) is 1. The van der Waals surface area contributed by atoms with Crippen molar-refractivity contribution in [1.82, 2.24) is 5.43 Å². The van der Waals surface area contributed by atoms with Crippen LogP contribution in [0.5, 0.6) is 5.75 Å². The molecule has 1 amide bonds. The minimum Gasteiger partial charge on any atom is -0.479 e. The first-order chi connectivity index (χ1) is 10.5. The lowest BCUT2D eigenvalue weighted by atomic mass is 9.89. The van der Waals surface area contributed by atoms with Crippen LogP contribution >= 0.6 is 23.2 Å². The van der Waals surface area contributed by atoms with Gasteiger partial charge in [0.05, 0.1) is 5.02 Å². The van der Waals surface area contributed by atoms with Crippen LogP contribution in [0.2, 0.25) is 10.0 Å². The van der Waals surface area contributed by atoms with E-state index < -0.39 is 6.10 Å². The van der Waals surface area contributed by atoms with E-state index in [4.69, 9.17) is 27.9 Å². The van der Waals surface area contributed by atoms with Crippen molar-refractivity contribution in [2.75, 3.05) is 0 Å². The molecule has 4 nitrogen and oxygen atoms in total. The maximum atomic E-state index is 12.1. The van der Waals surface area contributed by atoms with Gasteiger partial charge in [0, 0.05) is 10.7 Å². The summed E-state index contributed by atoms with van der Waals surface area (Å²) >= 11 is 11.9. The summed E-state index contributed by atoms with van der Waals surface area (Å²) in [6.45, 7) is 3.79. The highest BCUT2D eigenvalue weighted by atomic mass is 35.5. The summed E-state index contributed by atoms with van der Waals surface area (Å²) in [7, 11) is 0. The summed E-state index contributed by atoms with van der Waals surface area (Å²) in [5.74, 6) is 0.555. The van der Waals surface area contributed by atoms with Crippen molar-refractivity contribution >= 4 is 34.8 Å². The number of carbonyl (C=O) groups excluding carboxylic acids is 1. The maximum absolute atomic E-state index is 12.1. The number of hydrogen-bond acceptors (Lipinski definition) is 3. The Morgan fingerprint density at radius 2 is 2.18 bits per heavy atom. The molecule has 0 aliphatic heterocycles. The van der Waals surface area contributed by atoms with E-state index in [9.17, 15) is 4.79 Å². The molecule has 1 aromatic carbocycles. The smallest absolute Gasteiger partial charge is 0.280 e. The van der Waals surface area contributed by atoms with Crippen LogP contribution in [0.15, 0.2) is 23.3 Å². The number of rotatable bonds is 4. The van der Waals surface area contributed by atoms with Gasteiger partial charge in [0.25, 0.3) is 5.91 Å². The Morgan fingerprint density at radius 3 is 2.86 bits per heavy atom. The Morgan fingerprint density at radius 1 is 1.41 bits per heavy atom. The van der Waals surface area contributed by atoms with Crippen molar-refractivity contribution in [3.8, 4) is 5.75 Å². The van der Waals surface area contributed by atoms with E-state index in [1.807, 2.05) is 0 Å². The Labute approximate surface area is 140 Å². The average Bonchev–Trinajstić information content (AvgIpc) is 2.49. The molecule has 1 saturated carbocycles. The molecule has 1 aliphatic rings. The van der Waals surface area contributed by atoms with E-state index in [2.05, 4.69) is 17.5 Å². The van der Waals surface area contributed by atoms with Gasteiger partial charge in [-0.05, 0) is 50.3 Å². The van der Waals surface area contributed by atoms with Gasteiger partial charge < -0.3 is 4.74 Å². The first kappa shape index (κ1) is 17.1. The first-order valence-electron chi connectivity index (χ1n) is 7.45. The molecule has 1 N–H and O–H groups in total. The highest BCUT2D eigenvalue weighted by molar-refractivity contribution is 6.35. The lowest BCUT2D eigenvalue weighted by Gasteiger charge is -2.20. The number of halogens is 2. The maximum Gasteiger partial charge on any atom is 0.280 e. The summed E-state index contributed by atoms with van der Waals surface area (Å²) in [5.41, 5.74) is 3.64. The highest BCUT2D eigenvalue weighted by Crippen LogP contribution is 2.28. The third kappa shape index (κ3) is 4.62. The molecule has 0 bridgehead atoms. The summed E-state index contributed by atoms with van der Waals surface area (Å²) in [4.78, 5) is 12.1. The third-order valence-electron chi connectivity index (χ3n) is 3.77. The van der Waals surface area contributed by atoms with E-state index >= 15 is 0 Å². The lowest BCUT2D eigenvalue weighted by Crippen LogP contribution is -2.34. The molecule has 6 heteroatoms. The predicted octanol–water partition coefficient (Wildman–Crippen LogP) is 4.44. The van der Waals surface area contributed by atoms with Crippen LogP contribution in [-0.4, -0.2) is 17.7 Å². The third-order valence-corrected chi connectivity index (χ3v) is 4.30. The van der Waals surface area contributed by atoms with Crippen molar-refractivity contribution in [2.24, 2.45) is 11.0 Å². The van der Waals surface area contributed by atoms with E-state index in [1.165, 1.54) is 6.42 Å². The Bertz CT molecular complexity index is 575. The van der Waals surface area contributed by atoms with E-state index in [-0.39, 0.29) is 5.91 Å². The van der Waals surface area contributed by atoms with Crippen LogP contribution in [0.4, 0.5) is 0 Å². The molecule has 1 fully saturated rings. The number of hydrogen-bond donors (Lipinski definition) is 1. The van der Waals surface area contributed by atoms with Crippen molar-refractivity contribution in [3.05, 3.63) is 28.2 Å². The fraction of sp³-hybridized carbons (Fsp3) is 0.500. The number of ether oxygens (including phenoxy) is 1. The van der Waals surface area contributed by atoms with Gasteiger partial charge >= 0.3 is 0 Å². The standard InChI is InChI=1S/C16H20Cl2N2O2/c1-10-5-3-4-6-14(10)19-20-16(21)11(2)22-15-8-7-12(17)9-13(15)18/h7-11H,3-6H2,1-2H3,(H,20,21)/b19-14+. The molecule has 2 rings (SSSR count). The van der Waals surface area contributed by atoms with Crippen molar-refractivity contribution in [2.45, 2.75) is 45.6 Å². The summed E-state index contributed by atoms with van der Waals surface area (Å²) in [6.07, 6.45) is 3.73. The second-order valence-corrected chi connectivity index (χ2v) is 6.40. The van der Waals surface area contributed by atoms with Gasteiger partial charge in [0.2, 0.25) is 0 Å². The zero-order valence-corrected chi connectivity index (χ0v) is 14.2. The minimum atomic E-state index is -0.693. The van der Waals surface area contributed by atoms with Crippen molar-refractivity contribution in [3.63, 3.8) is 0 Å². The van der Waals surface area contributed by atoms with Crippen LogP contribution in [0, 0.1) is 5.92 Å². The molecule has 0 heterocycles. The number of nitrogens with one attached hydrogen (secondary N) is 1. The zero-order valence-electron chi connectivity index (χ0n) is 12.7. The number of amides is 1. The van der Waals surface area contributed by atoms with Crippen LogP contribution in [0.25, 0.3) is 0 Å². The quantitative estimate of drug-likeness (QED) is 0.822. The summed E-state index contributed by atoms with van der Waals surface area (Å²) in [5, 5.41) is 5.14. The van der Waals surface area contributed by atoms with Gasteiger partial charge in [-0.3, -0.25) is 4.79 Å². The van der Waals surface area contributed by atoms with E-state index in [1.54, 1.807) is 25.1 Å². The zero-order chi connectivity index (χ0) is 16.1. The van der Waals surface area contributed by atoms with Crippen LogP contribution in [0.1, 0.15) is 39.5 Å². The van der Waals surface area contributed by atoms with Crippen LogP contribution < -0.4 is 10.2 Å². The molecular weight excluding hydrogens is 323 g/mol. The molecule has 0 aromatic heterocycles. The Balaban J connectivity index is 1.93. The monoisotopic (exact) mass is 342 g/mol. The molecule has 2 unspecified atom stereocenters. The molecule has 2 atom stereocenters. The number of hydrazone groups is 1. The van der Waals surface area contributed by atoms with E-state index in [0.717, 1.165) is 25.0 Å². The van der Waals surface area contributed by atoms with Gasteiger partial charge in [0.15, 0.2) is 6.10 Å². The fourth-order valence-corrected chi connectivity index (χ4v) is 2.82. The molecule has 0 saturated heterocycles. The SMILES string of the molecule is CC(Oc1ccc(Cl)cc1Cl)C(=O)N/N=C1\CCCCC1C. The van der Waals surface area contributed by atoms with Gasteiger partial charge in [-0.2, -0.15) is 5.10 Å². The number of benzene rings is 1. The van der Waals surface area contributed by atoms with Crippen molar-refractivity contribution < 1.29 is 9.53 Å². The number of carbonyl (C=O) groups is 1. The molecule has 0 radical (unpaired) electrons. The van der Waals surface area contributed by atoms with Crippen LogP contribution in [-0.2, 0) is 4.79 Å². The van der Waals surface area contributed by atoms with Crippen LogP contribution in [0.3, 0.4) is 0 Å². The molecule has 1 aliphatic carbocycles. The molecular formula is C16H20Cl2N2O2. The second kappa shape index (κ2) is 7.84. The predicted molar refractivity (Wildman–Crippen MR) is 89.8 cm³/mol. The van der Waals surface area contributed by atoms with Gasteiger partial charge in [-0.1, -0.05) is 36.5 Å². The normalized spacial score (nSPS) is 21.5. The fourth-order valence-electron chi connectivity index (χ4n) is 2.37. The topological polar surface area (TPSA) is 50.7 Å². The minimum absolute atomic E-state index is 0.295. The lowest BCUT2D eigenvalue weighted by molar-refractivity contribution is -0.127. The average molecular weight is 343 g/mol. The molecule has 1 aromatic rings. The van der Waals surface area contributed by atoms with Gasteiger partial charge in [0.1, 0.15) is 5.75 Å².